The van der Waals surface area contributed by atoms with Gasteiger partial charge in [0.2, 0.25) is 0 Å². The molecule has 174 valence electrons. The number of nitrogens with one attached hydrogen (secondary N) is 3. The third-order valence-electron chi connectivity index (χ3n) is 6.96. The van der Waals surface area contributed by atoms with Crippen molar-refractivity contribution < 1.29 is 0 Å². The maximum Gasteiger partial charge on any atom is 0.153 e. The highest BCUT2D eigenvalue weighted by Gasteiger charge is 2.27. The summed E-state index contributed by atoms with van der Waals surface area (Å²) in [6.07, 6.45) is -0.150. The lowest BCUT2D eigenvalue weighted by atomic mass is 9.95. The molecule has 3 nitrogen and oxygen atoms in total. The van der Waals surface area contributed by atoms with Crippen LogP contribution in [0.15, 0.2) is 121 Å². The normalized spacial score (nSPS) is 17.0. The number of benzene rings is 5. The van der Waals surface area contributed by atoms with E-state index in [9.17, 15) is 0 Å². The molecule has 0 radical (unpaired) electrons. The van der Waals surface area contributed by atoms with Gasteiger partial charge in [0, 0.05) is 26.7 Å². The second kappa shape index (κ2) is 8.83. The van der Waals surface area contributed by atoms with Crippen molar-refractivity contribution in [3.05, 3.63) is 132 Å². The molecule has 2 atom stereocenters. The van der Waals surface area contributed by atoms with Crippen molar-refractivity contribution in [3.63, 3.8) is 0 Å². The highest BCUT2D eigenvalue weighted by atomic mass is 32.1. The largest absolute Gasteiger partial charge is 0.353 e. The number of anilines is 2. The average molecular weight is 484 g/mol. The lowest BCUT2D eigenvalue weighted by Gasteiger charge is -2.36. The van der Waals surface area contributed by atoms with E-state index in [1.807, 2.05) is 11.3 Å². The van der Waals surface area contributed by atoms with Crippen molar-refractivity contribution in [2.75, 3.05) is 10.6 Å². The molecule has 1 aliphatic heterocycles. The Bertz CT molecular complexity index is 1670. The van der Waals surface area contributed by atoms with Gasteiger partial charge in [-0.15, -0.1) is 11.3 Å². The van der Waals surface area contributed by atoms with Gasteiger partial charge >= 0.3 is 0 Å². The Morgan fingerprint density at radius 3 is 2.22 bits per heavy atom. The highest BCUT2D eigenvalue weighted by molar-refractivity contribution is 7.26. The van der Waals surface area contributed by atoms with Crippen LogP contribution in [-0.2, 0) is 0 Å². The summed E-state index contributed by atoms with van der Waals surface area (Å²) in [5, 5.41) is 14.0. The van der Waals surface area contributed by atoms with Gasteiger partial charge in [-0.25, -0.2) is 0 Å². The molecule has 7 rings (SSSR count). The smallest absolute Gasteiger partial charge is 0.153 e. The van der Waals surface area contributed by atoms with E-state index in [1.54, 1.807) is 0 Å². The van der Waals surface area contributed by atoms with Gasteiger partial charge in [0.25, 0.3) is 0 Å². The molecule has 0 fully saturated rings. The van der Waals surface area contributed by atoms with Gasteiger partial charge in [-0.2, -0.15) is 0 Å². The first-order valence-electron chi connectivity index (χ1n) is 12.3. The Hall–Kier alpha value is -4.12. The van der Waals surface area contributed by atoms with Crippen molar-refractivity contribution in [1.29, 1.82) is 0 Å². The summed E-state index contributed by atoms with van der Waals surface area (Å²) < 4.78 is 2.58. The van der Waals surface area contributed by atoms with Crippen LogP contribution in [0.3, 0.4) is 0 Å². The SMILES string of the molecule is c1ccc(-c2ccc3c(sc4ccccc43)c2NC2Nc3ccccc3C(c3ccccc3)N2)cc1. The topological polar surface area (TPSA) is 36.1 Å². The Balaban J connectivity index is 1.37. The van der Waals surface area contributed by atoms with E-state index >= 15 is 0 Å². The zero-order chi connectivity index (χ0) is 23.9. The summed E-state index contributed by atoms with van der Waals surface area (Å²) in [5.41, 5.74) is 7.21. The molecular weight excluding hydrogens is 458 g/mol. The van der Waals surface area contributed by atoms with Crippen LogP contribution in [0.2, 0.25) is 0 Å². The molecule has 36 heavy (non-hydrogen) atoms. The van der Waals surface area contributed by atoms with E-state index in [2.05, 4.69) is 137 Å². The summed E-state index contributed by atoms with van der Waals surface area (Å²) in [4.78, 5) is 0. The summed E-state index contributed by atoms with van der Waals surface area (Å²) >= 11 is 1.85. The van der Waals surface area contributed by atoms with Crippen molar-refractivity contribution in [1.82, 2.24) is 5.32 Å². The first kappa shape index (κ1) is 21.2. The number of thiophene rings is 1. The summed E-state index contributed by atoms with van der Waals surface area (Å²) in [6.45, 7) is 0. The minimum absolute atomic E-state index is 0.0861. The number of rotatable bonds is 4. The molecule has 3 N–H and O–H groups in total. The van der Waals surface area contributed by atoms with Crippen LogP contribution in [0.4, 0.5) is 11.4 Å². The van der Waals surface area contributed by atoms with Crippen LogP contribution >= 0.6 is 11.3 Å². The number of hydrogen-bond donors (Lipinski definition) is 3. The van der Waals surface area contributed by atoms with E-state index in [0.29, 0.717) is 0 Å². The van der Waals surface area contributed by atoms with E-state index < -0.39 is 0 Å². The minimum Gasteiger partial charge on any atom is -0.353 e. The monoisotopic (exact) mass is 483 g/mol. The second-order valence-electron chi connectivity index (χ2n) is 9.15. The van der Waals surface area contributed by atoms with Gasteiger partial charge in [-0.1, -0.05) is 109 Å². The standard InChI is InChI=1S/C32H25N3S/c1-3-11-21(12-4-1)23-19-20-25-24-15-8-10-18-28(24)36-31(25)30(23)35-32-33-27-17-9-7-16-26(27)29(34-32)22-13-5-2-6-14-22/h1-20,29,32-35H. The van der Waals surface area contributed by atoms with Gasteiger partial charge in [-0.3, -0.25) is 5.32 Å². The first-order chi connectivity index (χ1) is 17.8. The van der Waals surface area contributed by atoms with Gasteiger partial charge in [0.05, 0.1) is 16.4 Å². The number of fused-ring (bicyclic) bond motifs is 4. The molecule has 1 aromatic heterocycles. The zero-order valence-electron chi connectivity index (χ0n) is 19.6. The van der Waals surface area contributed by atoms with Gasteiger partial charge in [0.1, 0.15) is 0 Å². The molecule has 5 aromatic carbocycles. The molecule has 0 saturated heterocycles. The van der Waals surface area contributed by atoms with Crippen LogP contribution in [0.25, 0.3) is 31.3 Å². The molecule has 2 heterocycles. The fourth-order valence-electron chi connectivity index (χ4n) is 5.27. The molecular formula is C32H25N3S. The van der Waals surface area contributed by atoms with E-state index in [1.165, 1.54) is 42.4 Å². The summed E-state index contributed by atoms with van der Waals surface area (Å²) in [6, 6.07) is 43.2. The predicted molar refractivity (Wildman–Crippen MR) is 154 cm³/mol. The van der Waals surface area contributed by atoms with E-state index in [4.69, 9.17) is 0 Å². The number of para-hydroxylation sites is 1. The minimum atomic E-state index is -0.150. The van der Waals surface area contributed by atoms with Crippen LogP contribution < -0.4 is 16.0 Å². The molecule has 4 heteroatoms. The fraction of sp³-hybridized carbons (Fsp3) is 0.0625. The van der Waals surface area contributed by atoms with Gasteiger partial charge in [0.15, 0.2) is 6.29 Å². The Kier molecular flexibility index (Phi) is 5.20. The Morgan fingerprint density at radius 1 is 0.639 bits per heavy atom. The lowest BCUT2D eigenvalue weighted by molar-refractivity contribution is 0.527. The molecule has 0 saturated carbocycles. The predicted octanol–water partition coefficient (Wildman–Crippen LogP) is 8.22. The Labute approximate surface area is 214 Å². The molecule has 0 bridgehead atoms. The third kappa shape index (κ3) is 3.63. The van der Waals surface area contributed by atoms with Crippen LogP contribution in [0, 0.1) is 0 Å². The van der Waals surface area contributed by atoms with Gasteiger partial charge in [-0.05, 0) is 28.8 Å². The maximum absolute atomic E-state index is 3.88. The van der Waals surface area contributed by atoms with Gasteiger partial charge < -0.3 is 10.6 Å². The fourth-order valence-corrected chi connectivity index (χ4v) is 6.48. The van der Waals surface area contributed by atoms with Crippen molar-refractivity contribution >= 4 is 42.9 Å². The van der Waals surface area contributed by atoms with Crippen LogP contribution in [-0.4, -0.2) is 6.29 Å². The molecule has 2 unspecified atom stereocenters. The highest BCUT2D eigenvalue weighted by Crippen LogP contribution is 2.44. The molecule has 0 spiro atoms. The number of hydrogen-bond acceptors (Lipinski definition) is 4. The van der Waals surface area contributed by atoms with Crippen molar-refractivity contribution in [3.8, 4) is 11.1 Å². The van der Waals surface area contributed by atoms with Crippen LogP contribution in [0.5, 0.6) is 0 Å². The second-order valence-corrected chi connectivity index (χ2v) is 10.2. The van der Waals surface area contributed by atoms with Crippen molar-refractivity contribution in [2.45, 2.75) is 12.3 Å². The Morgan fingerprint density at radius 2 is 1.36 bits per heavy atom. The van der Waals surface area contributed by atoms with Crippen LogP contribution in [0.1, 0.15) is 17.2 Å². The first-order valence-corrected chi connectivity index (χ1v) is 13.1. The third-order valence-corrected chi connectivity index (χ3v) is 8.16. The maximum atomic E-state index is 3.88. The average Bonchev–Trinajstić information content (AvgIpc) is 3.33. The lowest BCUT2D eigenvalue weighted by Crippen LogP contribution is -2.48. The van der Waals surface area contributed by atoms with Crippen molar-refractivity contribution in [2.24, 2.45) is 0 Å². The summed E-state index contributed by atoms with van der Waals surface area (Å²) in [5.74, 6) is 0. The zero-order valence-corrected chi connectivity index (χ0v) is 20.4. The molecule has 0 aliphatic carbocycles. The molecule has 6 aromatic rings. The van der Waals surface area contributed by atoms with E-state index in [0.717, 1.165) is 11.4 Å². The van der Waals surface area contributed by atoms with E-state index in [-0.39, 0.29) is 12.3 Å². The summed E-state index contributed by atoms with van der Waals surface area (Å²) in [7, 11) is 0. The quantitative estimate of drug-likeness (QED) is 0.236. The molecule has 0 amide bonds. The molecule has 1 aliphatic rings.